The van der Waals surface area contributed by atoms with E-state index in [9.17, 15) is 14.4 Å². The summed E-state index contributed by atoms with van der Waals surface area (Å²) in [7, 11) is 0. The summed E-state index contributed by atoms with van der Waals surface area (Å²) in [6.07, 6.45) is 2.76. The van der Waals surface area contributed by atoms with Gasteiger partial charge in [-0.3, -0.25) is 9.59 Å². The van der Waals surface area contributed by atoms with Crippen LogP contribution in [0, 0.1) is 5.92 Å². The molecular formula is C27H32N2O5. The second-order valence-corrected chi connectivity index (χ2v) is 9.60. The minimum atomic E-state index is -0.888. The minimum absolute atomic E-state index is 0.0175. The number of rotatable bonds is 10. The van der Waals surface area contributed by atoms with E-state index in [4.69, 9.17) is 9.84 Å². The van der Waals surface area contributed by atoms with Crippen molar-refractivity contribution < 1.29 is 24.2 Å². The van der Waals surface area contributed by atoms with Crippen LogP contribution in [0.1, 0.15) is 62.5 Å². The van der Waals surface area contributed by atoms with Gasteiger partial charge in [0.05, 0.1) is 12.0 Å². The molecule has 0 spiro atoms. The quantitative estimate of drug-likeness (QED) is 0.482. The van der Waals surface area contributed by atoms with Crippen LogP contribution in [0.15, 0.2) is 48.5 Å². The number of aliphatic carboxylic acids is 1. The van der Waals surface area contributed by atoms with Gasteiger partial charge in [-0.2, -0.15) is 0 Å². The number of hydrogen-bond donors (Lipinski definition) is 3. The number of carbonyl (C=O) groups excluding carboxylic acids is 2. The van der Waals surface area contributed by atoms with Gasteiger partial charge in [-0.15, -0.1) is 0 Å². The molecule has 2 aliphatic carbocycles. The maximum Gasteiger partial charge on any atom is 0.407 e. The number of fused-ring (bicyclic) bond motifs is 3. The summed E-state index contributed by atoms with van der Waals surface area (Å²) in [6.45, 7) is 2.64. The Morgan fingerprint density at radius 1 is 1.06 bits per heavy atom. The van der Waals surface area contributed by atoms with Gasteiger partial charge in [-0.25, -0.2) is 4.79 Å². The molecule has 1 fully saturated rings. The zero-order valence-corrected chi connectivity index (χ0v) is 19.5. The van der Waals surface area contributed by atoms with Gasteiger partial charge in [0.25, 0.3) is 0 Å². The summed E-state index contributed by atoms with van der Waals surface area (Å²) in [5, 5.41) is 14.8. The fraction of sp³-hybridized carbons (Fsp3) is 0.444. The molecule has 1 saturated carbocycles. The van der Waals surface area contributed by atoms with Crippen molar-refractivity contribution >= 4 is 18.0 Å². The molecule has 2 aliphatic rings. The topological polar surface area (TPSA) is 105 Å². The molecule has 2 aromatic carbocycles. The van der Waals surface area contributed by atoms with Crippen molar-refractivity contribution in [2.75, 3.05) is 13.2 Å². The van der Waals surface area contributed by atoms with Crippen LogP contribution in [0.5, 0.6) is 0 Å². The lowest BCUT2D eigenvalue weighted by Crippen LogP contribution is -2.54. The Hall–Kier alpha value is -3.35. The summed E-state index contributed by atoms with van der Waals surface area (Å²) in [4.78, 5) is 35.7. The van der Waals surface area contributed by atoms with Crippen LogP contribution in [-0.4, -0.2) is 41.8 Å². The molecule has 0 radical (unpaired) electrons. The third-order valence-corrected chi connectivity index (χ3v) is 7.01. The molecule has 7 nitrogen and oxygen atoms in total. The number of carboxylic acid groups (broad SMARTS) is 1. The third-order valence-electron chi connectivity index (χ3n) is 7.01. The molecule has 34 heavy (non-hydrogen) atoms. The second kappa shape index (κ2) is 10.3. The Bertz CT molecular complexity index is 1020. The molecule has 7 heteroatoms. The number of carbonyl (C=O) groups is 3. The van der Waals surface area contributed by atoms with Gasteiger partial charge in [0.1, 0.15) is 6.61 Å². The number of hydrogen-bond acceptors (Lipinski definition) is 4. The fourth-order valence-corrected chi connectivity index (χ4v) is 4.98. The van der Waals surface area contributed by atoms with Crippen LogP contribution >= 0.6 is 0 Å². The van der Waals surface area contributed by atoms with Crippen molar-refractivity contribution in [2.45, 2.75) is 56.9 Å². The Morgan fingerprint density at radius 2 is 1.68 bits per heavy atom. The van der Waals surface area contributed by atoms with E-state index in [1.807, 2.05) is 31.2 Å². The number of nitrogens with one attached hydrogen (secondary N) is 2. The van der Waals surface area contributed by atoms with E-state index < -0.39 is 17.6 Å². The first-order valence-corrected chi connectivity index (χ1v) is 12.0. The molecule has 1 atom stereocenters. The lowest BCUT2D eigenvalue weighted by atomic mass is 9.74. The molecule has 0 heterocycles. The van der Waals surface area contributed by atoms with Crippen LogP contribution in [0.25, 0.3) is 11.1 Å². The van der Waals surface area contributed by atoms with Gasteiger partial charge in [-0.1, -0.05) is 55.5 Å². The van der Waals surface area contributed by atoms with Gasteiger partial charge in [0.2, 0.25) is 5.91 Å². The average molecular weight is 465 g/mol. The summed E-state index contributed by atoms with van der Waals surface area (Å²) < 4.78 is 5.56. The zero-order valence-electron chi connectivity index (χ0n) is 19.5. The average Bonchev–Trinajstić information content (AvgIpc) is 3.12. The Kier molecular flexibility index (Phi) is 7.20. The number of alkyl carbamates (subject to hydrolysis) is 1. The van der Waals surface area contributed by atoms with Crippen LogP contribution < -0.4 is 10.6 Å². The fourth-order valence-electron chi connectivity index (χ4n) is 4.98. The van der Waals surface area contributed by atoms with Crippen molar-refractivity contribution in [1.29, 1.82) is 0 Å². The molecule has 2 amide bonds. The highest BCUT2D eigenvalue weighted by atomic mass is 16.5. The molecule has 0 aromatic heterocycles. The van der Waals surface area contributed by atoms with E-state index in [0.717, 1.165) is 6.42 Å². The maximum absolute atomic E-state index is 12.3. The van der Waals surface area contributed by atoms with Crippen molar-refractivity contribution in [3.05, 3.63) is 59.7 Å². The van der Waals surface area contributed by atoms with Crippen LogP contribution in [-0.2, 0) is 14.3 Å². The third kappa shape index (κ3) is 5.41. The molecule has 2 aromatic rings. The SMILES string of the molecule is CC(CCC(=O)NC1(CC(=O)O)CCC1)CNC(=O)OCC1c2ccccc2-c2ccccc21. The normalized spacial score (nSPS) is 16.5. The molecule has 0 aliphatic heterocycles. The van der Waals surface area contributed by atoms with Crippen molar-refractivity contribution in [3.63, 3.8) is 0 Å². The molecule has 0 bridgehead atoms. The molecule has 1 unspecified atom stereocenters. The molecular weight excluding hydrogens is 432 g/mol. The van der Waals surface area contributed by atoms with Crippen molar-refractivity contribution in [2.24, 2.45) is 5.92 Å². The number of amides is 2. The monoisotopic (exact) mass is 464 g/mol. The highest BCUT2D eigenvalue weighted by Gasteiger charge is 2.40. The van der Waals surface area contributed by atoms with Crippen molar-refractivity contribution in [1.82, 2.24) is 10.6 Å². The summed E-state index contributed by atoms with van der Waals surface area (Å²) in [5.74, 6) is -0.915. The number of carboxylic acids is 1. The molecule has 180 valence electrons. The Balaban J connectivity index is 1.20. The van der Waals surface area contributed by atoms with Crippen LogP contribution in [0.3, 0.4) is 0 Å². The number of ether oxygens (including phenoxy) is 1. The second-order valence-electron chi connectivity index (χ2n) is 9.60. The first-order chi connectivity index (χ1) is 16.4. The van der Waals surface area contributed by atoms with E-state index in [1.165, 1.54) is 22.3 Å². The molecule has 4 rings (SSSR count). The van der Waals surface area contributed by atoms with Gasteiger partial charge in [0, 0.05) is 18.9 Å². The van der Waals surface area contributed by atoms with Crippen molar-refractivity contribution in [3.8, 4) is 11.1 Å². The zero-order chi connectivity index (χ0) is 24.1. The molecule has 0 saturated heterocycles. The summed E-state index contributed by atoms with van der Waals surface area (Å²) in [6, 6.07) is 16.4. The summed E-state index contributed by atoms with van der Waals surface area (Å²) in [5.41, 5.74) is 4.13. The predicted octanol–water partition coefficient (Wildman–Crippen LogP) is 4.46. The van der Waals surface area contributed by atoms with E-state index in [-0.39, 0.29) is 30.8 Å². The maximum atomic E-state index is 12.3. The van der Waals surface area contributed by atoms with E-state index in [2.05, 4.69) is 34.9 Å². The minimum Gasteiger partial charge on any atom is -0.481 e. The highest BCUT2D eigenvalue weighted by Crippen LogP contribution is 2.44. The first kappa shape index (κ1) is 23.8. The van der Waals surface area contributed by atoms with Gasteiger partial charge < -0.3 is 20.5 Å². The largest absolute Gasteiger partial charge is 0.481 e. The predicted molar refractivity (Wildman–Crippen MR) is 128 cm³/mol. The first-order valence-electron chi connectivity index (χ1n) is 12.0. The van der Waals surface area contributed by atoms with Gasteiger partial charge in [0.15, 0.2) is 0 Å². The molecule has 3 N–H and O–H groups in total. The Morgan fingerprint density at radius 3 is 2.24 bits per heavy atom. The van der Waals surface area contributed by atoms with Crippen LogP contribution in [0.2, 0.25) is 0 Å². The lowest BCUT2D eigenvalue weighted by molar-refractivity contribution is -0.140. The Labute approximate surface area is 199 Å². The van der Waals surface area contributed by atoms with Gasteiger partial charge in [-0.05, 0) is 53.9 Å². The lowest BCUT2D eigenvalue weighted by Gasteiger charge is -2.41. The van der Waals surface area contributed by atoms with E-state index in [1.54, 1.807) is 0 Å². The smallest absolute Gasteiger partial charge is 0.407 e. The van der Waals surface area contributed by atoms with Gasteiger partial charge >= 0.3 is 12.1 Å². The number of benzene rings is 2. The standard InChI is InChI=1S/C27H32N2O5/c1-18(11-12-24(30)29-27(13-6-14-27)15-25(31)32)16-28-26(33)34-17-23-21-9-4-2-7-19(21)20-8-3-5-10-22(20)23/h2-5,7-10,18,23H,6,11-17H2,1H3,(H,28,33)(H,29,30)(H,31,32). The van der Waals surface area contributed by atoms with E-state index in [0.29, 0.717) is 32.2 Å². The highest BCUT2D eigenvalue weighted by molar-refractivity contribution is 5.79. The van der Waals surface area contributed by atoms with E-state index >= 15 is 0 Å². The van der Waals surface area contributed by atoms with Crippen LogP contribution in [0.4, 0.5) is 4.79 Å². The summed E-state index contributed by atoms with van der Waals surface area (Å²) >= 11 is 0.